The van der Waals surface area contributed by atoms with Crippen LogP contribution >= 0.6 is 0 Å². The summed E-state index contributed by atoms with van der Waals surface area (Å²) in [5, 5.41) is 9.18. The van der Waals surface area contributed by atoms with Crippen molar-refractivity contribution in [1.82, 2.24) is 0 Å². The molecule has 1 unspecified atom stereocenters. The van der Waals surface area contributed by atoms with E-state index in [4.69, 9.17) is 0 Å². The van der Waals surface area contributed by atoms with Crippen LogP contribution in [0, 0.1) is 0 Å². The summed E-state index contributed by atoms with van der Waals surface area (Å²) in [6.07, 6.45) is 0.722. The van der Waals surface area contributed by atoms with E-state index in [0.29, 0.717) is 0 Å². The van der Waals surface area contributed by atoms with Gasteiger partial charge in [0.15, 0.2) is 0 Å². The van der Waals surface area contributed by atoms with Crippen molar-refractivity contribution in [3.8, 4) is 0 Å². The first-order valence-electron chi connectivity index (χ1n) is 3.44. The summed E-state index contributed by atoms with van der Waals surface area (Å²) in [6, 6.07) is 0. The first-order valence-corrected chi connectivity index (χ1v) is 3.44. The van der Waals surface area contributed by atoms with Gasteiger partial charge in [-0.1, -0.05) is 6.92 Å². The largest absolute Gasteiger partial charge is 0.387 e. The number of aliphatic hydroxyl groups is 1. The summed E-state index contributed by atoms with van der Waals surface area (Å²) in [6.45, 7) is 2.84. The molecule has 0 aliphatic rings. The van der Waals surface area contributed by atoms with Gasteiger partial charge in [-0.05, 0) is 6.42 Å². The normalized spacial score (nSPS) is 15.7. The molecule has 0 rings (SSSR count). The van der Waals surface area contributed by atoms with Gasteiger partial charge in [-0.15, -0.1) is 0 Å². The number of hydrogen-bond acceptors (Lipinski definition) is 1. The highest BCUT2D eigenvalue weighted by Gasteiger charge is 2.12. The molecule has 0 aromatic carbocycles. The molecule has 9 heavy (non-hydrogen) atoms. The van der Waals surface area contributed by atoms with Gasteiger partial charge in [0.25, 0.3) is 0 Å². The van der Waals surface area contributed by atoms with Gasteiger partial charge >= 0.3 is 0 Å². The van der Waals surface area contributed by atoms with Gasteiger partial charge in [-0.2, -0.15) is 0 Å². The fourth-order valence-corrected chi connectivity index (χ4v) is 0.761. The number of hydrogen-bond donors (Lipinski definition) is 1. The second-order valence-corrected chi connectivity index (χ2v) is 3.53. The maximum absolute atomic E-state index is 9.18. The summed E-state index contributed by atoms with van der Waals surface area (Å²) < 4.78 is 0.842. The van der Waals surface area contributed by atoms with Gasteiger partial charge in [0, 0.05) is 0 Å². The predicted molar refractivity (Wildman–Crippen MR) is 39.2 cm³/mol. The fraction of sp³-hybridized carbons (Fsp3) is 1.00. The molecule has 56 valence electrons. The second kappa shape index (κ2) is 3.18. The minimum absolute atomic E-state index is 0.134. The van der Waals surface area contributed by atoms with Crippen molar-refractivity contribution in [2.24, 2.45) is 0 Å². The lowest BCUT2D eigenvalue weighted by atomic mass is 10.2. The molecule has 1 N–H and O–H groups in total. The Bertz CT molecular complexity index is 75.5. The van der Waals surface area contributed by atoms with Gasteiger partial charge in [0.2, 0.25) is 0 Å². The fourth-order valence-electron chi connectivity index (χ4n) is 0.761. The van der Waals surface area contributed by atoms with E-state index in [1.54, 1.807) is 0 Å². The number of rotatable bonds is 3. The van der Waals surface area contributed by atoms with Gasteiger partial charge in [-0.25, -0.2) is 0 Å². The molecule has 0 spiro atoms. The van der Waals surface area contributed by atoms with Gasteiger partial charge in [0.05, 0.1) is 21.1 Å². The lowest BCUT2D eigenvalue weighted by molar-refractivity contribution is -0.873. The van der Waals surface area contributed by atoms with Gasteiger partial charge in [0.1, 0.15) is 12.6 Å². The van der Waals surface area contributed by atoms with Crippen LogP contribution in [0.1, 0.15) is 13.3 Å². The van der Waals surface area contributed by atoms with Crippen LogP contribution in [0.5, 0.6) is 0 Å². The SMILES string of the molecule is CCC(O)C[N+](C)(C)C. The van der Waals surface area contributed by atoms with E-state index in [-0.39, 0.29) is 6.10 Å². The molecule has 0 aliphatic heterocycles. The summed E-state index contributed by atoms with van der Waals surface area (Å²) in [5.41, 5.74) is 0. The molecule has 0 saturated carbocycles. The van der Waals surface area contributed by atoms with E-state index in [1.165, 1.54) is 0 Å². The van der Waals surface area contributed by atoms with Crippen LogP contribution in [-0.2, 0) is 0 Å². The molecule has 1 atom stereocenters. The van der Waals surface area contributed by atoms with Gasteiger partial charge < -0.3 is 9.59 Å². The van der Waals surface area contributed by atoms with Crippen LogP contribution in [0.15, 0.2) is 0 Å². The summed E-state index contributed by atoms with van der Waals surface area (Å²) in [5.74, 6) is 0. The molecule has 2 nitrogen and oxygen atoms in total. The molecule has 0 heterocycles. The van der Waals surface area contributed by atoms with Crippen molar-refractivity contribution >= 4 is 0 Å². The standard InChI is InChI=1S/C7H18NO/c1-5-7(9)6-8(2,3)4/h7,9H,5-6H2,1-4H3/q+1. The summed E-state index contributed by atoms with van der Waals surface area (Å²) in [7, 11) is 6.25. The minimum Gasteiger partial charge on any atom is -0.387 e. The summed E-state index contributed by atoms with van der Waals surface area (Å²) in [4.78, 5) is 0. The Kier molecular flexibility index (Phi) is 3.15. The lowest BCUT2D eigenvalue weighted by Crippen LogP contribution is -2.41. The quantitative estimate of drug-likeness (QED) is 0.553. The Balaban J connectivity index is 3.47. The minimum atomic E-state index is -0.134. The zero-order valence-electron chi connectivity index (χ0n) is 6.89. The van der Waals surface area contributed by atoms with Crippen LogP contribution in [-0.4, -0.2) is 43.4 Å². The van der Waals surface area contributed by atoms with Crippen LogP contribution in [0.4, 0.5) is 0 Å². The van der Waals surface area contributed by atoms with E-state index in [2.05, 4.69) is 21.1 Å². The van der Waals surface area contributed by atoms with Crippen LogP contribution in [0.25, 0.3) is 0 Å². The highest BCUT2D eigenvalue weighted by Crippen LogP contribution is 1.97. The van der Waals surface area contributed by atoms with Crippen molar-refractivity contribution in [1.29, 1.82) is 0 Å². The van der Waals surface area contributed by atoms with E-state index in [9.17, 15) is 5.11 Å². The van der Waals surface area contributed by atoms with Crippen LogP contribution in [0.3, 0.4) is 0 Å². The zero-order valence-corrected chi connectivity index (χ0v) is 6.89. The molecular formula is C7H18NO+. The Labute approximate surface area is 57.7 Å². The van der Waals surface area contributed by atoms with E-state index < -0.39 is 0 Å². The Morgan fingerprint density at radius 2 is 1.78 bits per heavy atom. The van der Waals surface area contributed by atoms with E-state index in [0.717, 1.165) is 17.4 Å². The highest BCUT2D eigenvalue weighted by atomic mass is 16.3. The van der Waals surface area contributed by atoms with Crippen molar-refractivity contribution in [2.45, 2.75) is 19.4 Å². The topological polar surface area (TPSA) is 20.2 Å². The van der Waals surface area contributed by atoms with Crippen LogP contribution in [0.2, 0.25) is 0 Å². The molecule has 0 saturated heterocycles. The first-order chi connectivity index (χ1) is 3.95. The van der Waals surface area contributed by atoms with E-state index >= 15 is 0 Å². The monoisotopic (exact) mass is 132 g/mol. The van der Waals surface area contributed by atoms with Crippen molar-refractivity contribution < 1.29 is 9.59 Å². The van der Waals surface area contributed by atoms with Crippen molar-refractivity contribution in [2.75, 3.05) is 27.7 Å². The zero-order chi connectivity index (χ0) is 7.49. The third-order valence-electron chi connectivity index (χ3n) is 1.23. The van der Waals surface area contributed by atoms with Crippen molar-refractivity contribution in [3.63, 3.8) is 0 Å². The molecule has 0 aliphatic carbocycles. The van der Waals surface area contributed by atoms with Crippen LogP contribution < -0.4 is 0 Å². The average Bonchev–Trinajstić information content (AvgIpc) is 1.62. The van der Waals surface area contributed by atoms with Gasteiger partial charge in [-0.3, -0.25) is 0 Å². The smallest absolute Gasteiger partial charge is 0.104 e. The number of quaternary nitrogens is 1. The molecule has 0 aromatic rings. The third-order valence-corrected chi connectivity index (χ3v) is 1.23. The average molecular weight is 132 g/mol. The molecule has 0 bridgehead atoms. The molecular weight excluding hydrogens is 114 g/mol. The van der Waals surface area contributed by atoms with Crippen molar-refractivity contribution in [3.05, 3.63) is 0 Å². The maximum atomic E-state index is 9.18. The Morgan fingerprint density at radius 3 is 1.89 bits per heavy atom. The predicted octanol–water partition coefficient (Wildman–Crippen LogP) is 0.464. The number of likely N-dealkylation sites (N-methyl/N-ethyl adjacent to an activating group) is 1. The summed E-state index contributed by atoms with van der Waals surface area (Å²) >= 11 is 0. The van der Waals surface area contributed by atoms with E-state index in [1.807, 2.05) is 6.92 Å². The molecule has 0 fully saturated rings. The Hall–Kier alpha value is -0.0800. The molecule has 0 aromatic heterocycles. The maximum Gasteiger partial charge on any atom is 0.104 e. The highest BCUT2D eigenvalue weighted by molar-refractivity contribution is 4.47. The third kappa shape index (κ3) is 5.80. The molecule has 2 heteroatoms. The lowest BCUT2D eigenvalue weighted by Gasteiger charge is -2.26. The second-order valence-electron chi connectivity index (χ2n) is 3.53. The molecule has 0 radical (unpaired) electrons. The molecule has 0 amide bonds. The Morgan fingerprint density at radius 1 is 1.33 bits per heavy atom. The number of nitrogens with zero attached hydrogens (tertiary/aromatic N) is 1. The number of aliphatic hydroxyl groups excluding tert-OH is 1. The first kappa shape index (κ1) is 8.92.